The van der Waals surface area contributed by atoms with Crippen LogP contribution < -0.4 is 5.32 Å². The molecule has 1 aliphatic heterocycles. The lowest BCUT2D eigenvalue weighted by Gasteiger charge is -2.26. The first-order valence-corrected chi connectivity index (χ1v) is 11.1. The van der Waals surface area contributed by atoms with Gasteiger partial charge in [-0.15, -0.1) is 0 Å². The van der Waals surface area contributed by atoms with Crippen LogP contribution in [-0.4, -0.2) is 62.5 Å². The first-order chi connectivity index (χ1) is 14.9. The SMILES string of the molecule is O=C(COC(=O)c1cc2ccccc2[nH]1)Nc1ccc(S(=O)(=O)N2CCOCC2)cc1. The van der Waals surface area contributed by atoms with Gasteiger partial charge in [-0.05, 0) is 36.4 Å². The molecule has 10 heteroatoms. The number of anilines is 1. The van der Waals surface area contributed by atoms with Gasteiger partial charge in [0.15, 0.2) is 6.61 Å². The quantitative estimate of drug-likeness (QED) is 0.563. The summed E-state index contributed by atoms with van der Waals surface area (Å²) in [6.07, 6.45) is 0. The lowest BCUT2D eigenvalue weighted by molar-refractivity contribution is -0.119. The maximum Gasteiger partial charge on any atom is 0.355 e. The zero-order valence-electron chi connectivity index (χ0n) is 16.5. The average molecular weight is 443 g/mol. The van der Waals surface area contributed by atoms with E-state index in [-0.39, 0.29) is 10.6 Å². The molecule has 1 amide bonds. The number of para-hydroxylation sites is 1. The van der Waals surface area contributed by atoms with E-state index in [1.165, 1.54) is 28.6 Å². The number of benzene rings is 2. The van der Waals surface area contributed by atoms with E-state index in [9.17, 15) is 18.0 Å². The minimum atomic E-state index is -3.60. The summed E-state index contributed by atoms with van der Waals surface area (Å²) >= 11 is 0. The number of hydrogen-bond donors (Lipinski definition) is 2. The Balaban J connectivity index is 1.32. The van der Waals surface area contributed by atoms with Crippen LogP contribution in [0.3, 0.4) is 0 Å². The molecule has 1 saturated heterocycles. The molecule has 2 N–H and O–H groups in total. The van der Waals surface area contributed by atoms with Crippen LogP contribution in [0.1, 0.15) is 10.5 Å². The fourth-order valence-corrected chi connectivity index (χ4v) is 4.64. The van der Waals surface area contributed by atoms with Crippen molar-refractivity contribution in [3.8, 4) is 0 Å². The van der Waals surface area contributed by atoms with Crippen LogP contribution in [0.2, 0.25) is 0 Å². The van der Waals surface area contributed by atoms with Crippen molar-refractivity contribution in [3.63, 3.8) is 0 Å². The summed E-state index contributed by atoms with van der Waals surface area (Å²) in [5, 5.41) is 3.45. The number of esters is 1. The predicted octanol–water partition coefficient (Wildman–Crippen LogP) is 1.98. The van der Waals surface area contributed by atoms with Gasteiger partial charge >= 0.3 is 5.97 Å². The van der Waals surface area contributed by atoms with Gasteiger partial charge in [-0.3, -0.25) is 4.79 Å². The van der Waals surface area contributed by atoms with Gasteiger partial charge in [0.1, 0.15) is 5.69 Å². The first-order valence-electron chi connectivity index (χ1n) is 9.66. The number of amides is 1. The Morgan fingerprint density at radius 3 is 2.48 bits per heavy atom. The molecule has 0 unspecified atom stereocenters. The lowest BCUT2D eigenvalue weighted by atomic mass is 10.2. The van der Waals surface area contributed by atoms with Gasteiger partial charge in [-0.1, -0.05) is 18.2 Å². The summed E-state index contributed by atoms with van der Waals surface area (Å²) in [6, 6.07) is 14.9. The molecule has 0 saturated carbocycles. The van der Waals surface area contributed by atoms with Crippen LogP contribution in [0.5, 0.6) is 0 Å². The highest BCUT2D eigenvalue weighted by Crippen LogP contribution is 2.19. The highest BCUT2D eigenvalue weighted by atomic mass is 32.2. The predicted molar refractivity (Wildman–Crippen MR) is 113 cm³/mol. The van der Waals surface area contributed by atoms with Crippen molar-refractivity contribution in [1.29, 1.82) is 0 Å². The van der Waals surface area contributed by atoms with Crippen molar-refractivity contribution < 1.29 is 27.5 Å². The van der Waals surface area contributed by atoms with E-state index in [2.05, 4.69) is 10.3 Å². The van der Waals surface area contributed by atoms with Crippen LogP contribution in [0.15, 0.2) is 59.5 Å². The molecule has 31 heavy (non-hydrogen) atoms. The highest BCUT2D eigenvalue weighted by molar-refractivity contribution is 7.89. The first kappa shape index (κ1) is 21.0. The van der Waals surface area contributed by atoms with Crippen LogP contribution in [0, 0.1) is 0 Å². The zero-order chi connectivity index (χ0) is 21.8. The smallest absolute Gasteiger partial charge is 0.355 e. The monoisotopic (exact) mass is 443 g/mol. The number of sulfonamides is 1. The molecular formula is C21H21N3O6S. The number of rotatable bonds is 6. The number of nitrogens with zero attached hydrogens (tertiary/aromatic N) is 1. The topological polar surface area (TPSA) is 118 Å². The normalized spacial score (nSPS) is 15.0. The summed E-state index contributed by atoms with van der Waals surface area (Å²) < 4.78 is 36.8. The molecule has 0 aliphatic carbocycles. The standard InChI is InChI=1S/C21H21N3O6S/c25-20(14-30-21(26)19-13-15-3-1-2-4-18(15)23-19)22-16-5-7-17(8-6-16)31(27,28)24-9-11-29-12-10-24/h1-8,13,23H,9-12,14H2,(H,22,25). The molecule has 1 aromatic heterocycles. The van der Waals surface area contributed by atoms with Crippen molar-refractivity contribution >= 4 is 38.5 Å². The fraction of sp³-hybridized carbons (Fsp3) is 0.238. The van der Waals surface area contributed by atoms with Crippen LogP contribution >= 0.6 is 0 Å². The van der Waals surface area contributed by atoms with Crippen LogP contribution in [0.4, 0.5) is 5.69 Å². The average Bonchev–Trinajstić information content (AvgIpc) is 3.23. The number of carbonyl (C=O) groups is 2. The Bertz CT molecular complexity index is 1160. The molecule has 0 atom stereocenters. The third-order valence-electron chi connectivity index (χ3n) is 4.83. The van der Waals surface area contributed by atoms with E-state index in [0.717, 1.165) is 10.9 Å². The molecule has 1 fully saturated rings. The summed E-state index contributed by atoms with van der Waals surface area (Å²) in [4.78, 5) is 27.4. The molecule has 2 heterocycles. The van der Waals surface area contributed by atoms with Gasteiger partial charge in [0, 0.05) is 29.7 Å². The number of morpholine rings is 1. The third-order valence-corrected chi connectivity index (χ3v) is 6.74. The molecule has 1 aliphatic rings. The summed E-state index contributed by atoms with van der Waals surface area (Å²) in [5.41, 5.74) is 1.45. The minimum absolute atomic E-state index is 0.137. The molecule has 2 aromatic carbocycles. The number of nitrogens with one attached hydrogen (secondary N) is 2. The number of ether oxygens (including phenoxy) is 2. The molecule has 3 aromatic rings. The van der Waals surface area contributed by atoms with Gasteiger partial charge in [0.25, 0.3) is 5.91 Å². The molecule has 0 bridgehead atoms. The molecule has 0 spiro atoms. The van der Waals surface area contributed by atoms with Crippen molar-refractivity contribution in [1.82, 2.24) is 9.29 Å². The summed E-state index contributed by atoms with van der Waals surface area (Å²) in [6.45, 7) is 0.877. The number of H-pyrrole nitrogens is 1. The maximum absolute atomic E-state index is 12.6. The van der Waals surface area contributed by atoms with Gasteiger partial charge in [-0.25, -0.2) is 13.2 Å². The Morgan fingerprint density at radius 1 is 1.06 bits per heavy atom. The van der Waals surface area contributed by atoms with Gasteiger partial charge < -0.3 is 19.8 Å². The largest absolute Gasteiger partial charge is 0.451 e. The molecule has 9 nitrogen and oxygen atoms in total. The van der Waals surface area contributed by atoms with Crippen molar-refractivity contribution in [2.45, 2.75) is 4.90 Å². The van der Waals surface area contributed by atoms with E-state index in [4.69, 9.17) is 9.47 Å². The van der Waals surface area contributed by atoms with Gasteiger partial charge in [0.05, 0.1) is 18.1 Å². The van der Waals surface area contributed by atoms with Crippen molar-refractivity contribution in [3.05, 3.63) is 60.3 Å². The Morgan fingerprint density at radius 2 is 1.77 bits per heavy atom. The van der Waals surface area contributed by atoms with Crippen molar-refractivity contribution in [2.24, 2.45) is 0 Å². The van der Waals surface area contributed by atoms with E-state index in [1.807, 2.05) is 24.3 Å². The number of aromatic nitrogens is 1. The zero-order valence-corrected chi connectivity index (χ0v) is 17.4. The number of carbonyl (C=O) groups excluding carboxylic acids is 2. The highest BCUT2D eigenvalue weighted by Gasteiger charge is 2.26. The second-order valence-electron chi connectivity index (χ2n) is 6.94. The van der Waals surface area contributed by atoms with E-state index in [1.54, 1.807) is 6.07 Å². The summed E-state index contributed by atoms with van der Waals surface area (Å²) in [7, 11) is -3.60. The van der Waals surface area contributed by atoms with E-state index in [0.29, 0.717) is 32.0 Å². The number of fused-ring (bicyclic) bond motifs is 1. The maximum atomic E-state index is 12.6. The molecule has 162 valence electrons. The molecule has 0 radical (unpaired) electrons. The van der Waals surface area contributed by atoms with Crippen LogP contribution in [0.25, 0.3) is 10.9 Å². The number of hydrogen-bond acceptors (Lipinski definition) is 6. The Labute approximate surface area is 179 Å². The minimum Gasteiger partial charge on any atom is -0.451 e. The van der Waals surface area contributed by atoms with E-state index < -0.39 is 28.5 Å². The van der Waals surface area contributed by atoms with Crippen LogP contribution in [-0.2, 0) is 24.3 Å². The number of aromatic amines is 1. The van der Waals surface area contributed by atoms with Crippen molar-refractivity contribution in [2.75, 3.05) is 38.2 Å². The fourth-order valence-electron chi connectivity index (χ4n) is 3.24. The van der Waals surface area contributed by atoms with E-state index >= 15 is 0 Å². The summed E-state index contributed by atoms with van der Waals surface area (Å²) in [5.74, 6) is -1.17. The second kappa shape index (κ2) is 8.88. The lowest BCUT2D eigenvalue weighted by Crippen LogP contribution is -2.40. The molecule has 4 rings (SSSR count). The third kappa shape index (κ3) is 4.76. The Hall–Kier alpha value is -3.21. The second-order valence-corrected chi connectivity index (χ2v) is 8.87. The Kier molecular flexibility index (Phi) is 6.03. The van der Waals surface area contributed by atoms with Gasteiger partial charge in [0.2, 0.25) is 10.0 Å². The van der Waals surface area contributed by atoms with Gasteiger partial charge in [-0.2, -0.15) is 4.31 Å². The molecular weight excluding hydrogens is 422 g/mol.